The second kappa shape index (κ2) is 6.07. The highest BCUT2D eigenvalue weighted by Crippen LogP contribution is 2.17. The van der Waals surface area contributed by atoms with Crippen LogP contribution in [0.5, 0.6) is 0 Å². The number of nitrogens with one attached hydrogen (secondary N) is 1. The lowest BCUT2D eigenvalue weighted by Crippen LogP contribution is -1.98. The molecule has 0 radical (unpaired) electrons. The van der Waals surface area contributed by atoms with Gasteiger partial charge in [0.25, 0.3) is 0 Å². The molecule has 0 aliphatic rings. The zero-order valence-electron chi connectivity index (χ0n) is 10.1. The van der Waals surface area contributed by atoms with Crippen LogP contribution < -0.4 is 5.32 Å². The number of hydrogen-bond acceptors (Lipinski definition) is 6. The highest BCUT2D eigenvalue weighted by molar-refractivity contribution is 7.11. The zero-order valence-corrected chi connectivity index (χ0v) is 11.7. The third-order valence-electron chi connectivity index (χ3n) is 2.28. The molecule has 0 saturated heterocycles. The quantitative estimate of drug-likeness (QED) is 0.874. The molecular formula is C11H16N4S2. The van der Waals surface area contributed by atoms with Gasteiger partial charge in [0.05, 0.1) is 6.54 Å². The maximum absolute atomic E-state index is 4.42. The van der Waals surface area contributed by atoms with E-state index in [1.165, 1.54) is 16.4 Å². The molecule has 92 valence electrons. The fourth-order valence-corrected chi connectivity index (χ4v) is 2.80. The number of rotatable bonds is 6. The number of aromatic nitrogens is 3. The molecule has 6 heteroatoms. The van der Waals surface area contributed by atoms with Crippen LogP contribution in [-0.4, -0.2) is 14.3 Å². The van der Waals surface area contributed by atoms with Crippen molar-refractivity contribution in [3.63, 3.8) is 0 Å². The van der Waals surface area contributed by atoms with Gasteiger partial charge in [-0.15, -0.1) is 11.3 Å². The number of nitrogens with zero attached hydrogens (tertiary/aromatic N) is 3. The van der Waals surface area contributed by atoms with Crippen LogP contribution in [0.15, 0.2) is 6.20 Å². The topological polar surface area (TPSA) is 50.7 Å². The summed E-state index contributed by atoms with van der Waals surface area (Å²) in [5, 5.41) is 5.27. The van der Waals surface area contributed by atoms with Gasteiger partial charge < -0.3 is 5.32 Å². The summed E-state index contributed by atoms with van der Waals surface area (Å²) in [5.41, 5.74) is 0. The molecule has 0 aromatic carbocycles. The third-order valence-corrected chi connectivity index (χ3v) is 4.13. The smallest absolute Gasteiger partial charge is 0.202 e. The molecule has 0 aliphatic carbocycles. The average Bonchev–Trinajstić information content (AvgIpc) is 2.95. The van der Waals surface area contributed by atoms with Crippen LogP contribution in [0.2, 0.25) is 0 Å². The van der Waals surface area contributed by atoms with Crippen LogP contribution >= 0.6 is 22.9 Å². The van der Waals surface area contributed by atoms with Gasteiger partial charge in [0, 0.05) is 29.0 Å². The van der Waals surface area contributed by atoms with E-state index in [2.05, 4.69) is 33.5 Å². The van der Waals surface area contributed by atoms with Gasteiger partial charge in [0.15, 0.2) is 0 Å². The Morgan fingerprint density at radius 2 is 2.24 bits per heavy atom. The second-order valence-corrected chi connectivity index (χ2v) is 5.64. The van der Waals surface area contributed by atoms with E-state index in [1.807, 2.05) is 6.20 Å². The minimum atomic E-state index is 0.741. The first-order chi connectivity index (χ1) is 8.31. The molecule has 0 saturated carbocycles. The van der Waals surface area contributed by atoms with Crippen molar-refractivity contribution < 1.29 is 0 Å². The first kappa shape index (κ1) is 12.4. The van der Waals surface area contributed by atoms with Crippen molar-refractivity contribution in [2.45, 2.75) is 39.7 Å². The normalized spacial score (nSPS) is 10.7. The highest BCUT2D eigenvalue weighted by Gasteiger charge is 2.04. The van der Waals surface area contributed by atoms with Gasteiger partial charge in [0.1, 0.15) is 10.8 Å². The van der Waals surface area contributed by atoms with Crippen molar-refractivity contribution in [1.82, 2.24) is 14.3 Å². The summed E-state index contributed by atoms with van der Waals surface area (Å²) in [5.74, 6) is 0.938. The first-order valence-corrected chi connectivity index (χ1v) is 7.40. The summed E-state index contributed by atoms with van der Waals surface area (Å²) in [4.78, 5) is 10.1. The van der Waals surface area contributed by atoms with E-state index in [0.29, 0.717) is 0 Å². The molecule has 0 aliphatic heterocycles. The molecule has 0 unspecified atom stereocenters. The molecule has 2 aromatic heterocycles. The number of thiazole rings is 1. The lowest BCUT2D eigenvalue weighted by Gasteiger charge is -1.96. The molecule has 1 N–H and O–H groups in total. The average molecular weight is 268 g/mol. The number of aryl methyl sites for hydroxylation is 2. The Balaban J connectivity index is 1.88. The molecule has 0 spiro atoms. The first-order valence-electron chi connectivity index (χ1n) is 5.81. The van der Waals surface area contributed by atoms with Gasteiger partial charge in [-0.3, -0.25) is 0 Å². The maximum atomic E-state index is 4.42. The van der Waals surface area contributed by atoms with Crippen LogP contribution in [-0.2, 0) is 19.4 Å². The van der Waals surface area contributed by atoms with Crippen molar-refractivity contribution in [3.8, 4) is 0 Å². The number of anilines is 1. The molecule has 2 rings (SSSR count). The van der Waals surface area contributed by atoms with Crippen LogP contribution in [0.1, 0.15) is 36.0 Å². The van der Waals surface area contributed by atoms with Gasteiger partial charge in [-0.25, -0.2) is 9.97 Å². The van der Waals surface area contributed by atoms with Crippen LogP contribution in [0.3, 0.4) is 0 Å². The van der Waals surface area contributed by atoms with Gasteiger partial charge >= 0.3 is 0 Å². The largest absolute Gasteiger partial charge is 0.354 e. The van der Waals surface area contributed by atoms with E-state index in [1.54, 1.807) is 11.3 Å². The molecule has 2 heterocycles. The van der Waals surface area contributed by atoms with Crippen molar-refractivity contribution in [3.05, 3.63) is 21.9 Å². The van der Waals surface area contributed by atoms with E-state index < -0.39 is 0 Å². The molecule has 0 fully saturated rings. The van der Waals surface area contributed by atoms with E-state index in [4.69, 9.17) is 0 Å². The van der Waals surface area contributed by atoms with Gasteiger partial charge in [-0.2, -0.15) is 4.37 Å². The second-order valence-electron chi connectivity index (χ2n) is 3.69. The zero-order chi connectivity index (χ0) is 12.1. The standard InChI is InChI=1S/C11H16N4S2/c1-3-5-9-14-11(17-15-9)13-7-10-12-6-8(4-2)16-10/h6H,3-5,7H2,1-2H3,(H,13,14,15). The van der Waals surface area contributed by atoms with E-state index >= 15 is 0 Å². The Labute approximate surface area is 109 Å². The monoisotopic (exact) mass is 268 g/mol. The summed E-state index contributed by atoms with van der Waals surface area (Å²) in [7, 11) is 0. The summed E-state index contributed by atoms with van der Waals surface area (Å²) in [6, 6.07) is 0. The predicted molar refractivity (Wildman–Crippen MR) is 72.7 cm³/mol. The maximum Gasteiger partial charge on any atom is 0.202 e. The Kier molecular flexibility index (Phi) is 4.44. The Morgan fingerprint density at radius 3 is 2.94 bits per heavy atom. The molecule has 4 nitrogen and oxygen atoms in total. The van der Waals surface area contributed by atoms with E-state index in [-0.39, 0.29) is 0 Å². The van der Waals surface area contributed by atoms with Crippen molar-refractivity contribution in [1.29, 1.82) is 0 Å². The summed E-state index contributed by atoms with van der Waals surface area (Å²) >= 11 is 3.18. The molecule has 2 aromatic rings. The van der Waals surface area contributed by atoms with E-state index in [0.717, 1.165) is 41.8 Å². The fraction of sp³-hybridized carbons (Fsp3) is 0.545. The van der Waals surface area contributed by atoms with Crippen LogP contribution in [0.4, 0.5) is 5.13 Å². The van der Waals surface area contributed by atoms with Gasteiger partial charge in [0.2, 0.25) is 5.13 Å². The van der Waals surface area contributed by atoms with Crippen LogP contribution in [0, 0.1) is 0 Å². The highest BCUT2D eigenvalue weighted by atomic mass is 32.1. The summed E-state index contributed by atoms with van der Waals surface area (Å²) in [6.45, 7) is 5.02. The summed E-state index contributed by atoms with van der Waals surface area (Å²) < 4.78 is 4.29. The van der Waals surface area contributed by atoms with E-state index in [9.17, 15) is 0 Å². The minimum absolute atomic E-state index is 0.741. The molecule has 0 bridgehead atoms. The summed E-state index contributed by atoms with van der Waals surface area (Å²) in [6.07, 6.45) is 5.04. The lowest BCUT2D eigenvalue weighted by atomic mass is 10.3. The molecular weight excluding hydrogens is 252 g/mol. The SMILES string of the molecule is CCCc1nsc(NCc2ncc(CC)s2)n1. The molecule has 0 atom stereocenters. The molecule has 17 heavy (non-hydrogen) atoms. The Bertz CT molecular complexity index is 463. The van der Waals surface area contributed by atoms with Gasteiger partial charge in [-0.05, 0) is 12.8 Å². The third kappa shape index (κ3) is 3.47. The lowest BCUT2D eigenvalue weighted by molar-refractivity contribution is 0.861. The number of hydrogen-bond donors (Lipinski definition) is 1. The van der Waals surface area contributed by atoms with Crippen LogP contribution in [0.25, 0.3) is 0 Å². The van der Waals surface area contributed by atoms with Gasteiger partial charge in [-0.1, -0.05) is 13.8 Å². The molecule has 0 amide bonds. The fourth-order valence-electron chi connectivity index (χ4n) is 1.40. The van der Waals surface area contributed by atoms with Crippen molar-refractivity contribution in [2.24, 2.45) is 0 Å². The predicted octanol–water partition coefficient (Wildman–Crippen LogP) is 3.12. The Morgan fingerprint density at radius 1 is 1.35 bits per heavy atom. The Hall–Kier alpha value is -1.01. The van der Waals surface area contributed by atoms with Crippen molar-refractivity contribution in [2.75, 3.05) is 5.32 Å². The minimum Gasteiger partial charge on any atom is -0.354 e. The van der Waals surface area contributed by atoms with Crippen molar-refractivity contribution >= 4 is 28.0 Å².